The summed E-state index contributed by atoms with van der Waals surface area (Å²) < 4.78 is 0. The van der Waals surface area contributed by atoms with Crippen molar-refractivity contribution in [3.8, 4) is 5.75 Å². The van der Waals surface area contributed by atoms with Crippen LogP contribution in [0.4, 0.5) is 5.69 Å². The summed E-state index contributed by atoms with van der Waals surface area (Å²) in [4.78, 5) is 17.7. The Balaban J connectivity index is 2.34. The summed E-state index contributed by atoms with van der Waals surface area (Å²) in [5, 5.41) is 9.67. The average molecular weight is 287 g/mol. The summed E-state index contributed by atoms with van der Waals surface area (Å²) in [5.41, 5.74) is 7.07. The van der Waals surface area contributed by atoms with Crippen LogP contribution in [0.1, 0.15) is 15.9 Å². The molecule has 0 saturated heterocycles. The summed E-state index contributed by atoms with van der Waals surface area (Å²) in [7, 11) is 1.61. The maximum atomic E-state index is 12.3. The van der Waals surface area contributed by atoms with Crippen LogP contribution in [0.25, 0.3) is 0 Å². The predicted molar refractivity (Wildman–Crippen MR) is 81.0 cm³/mol. The molecule has 102 valence electrons. The van der Waals surface area contributed by atoms with Crippen LogP contribution in [0, 0.1) is 0 Å². The number of carbonyl (C=O) groups excluding carboxylic acids is 1. The number of carbonyl (C=O) groups is 1. The summed E-state index contributed by atoms with van der Waals surface area (Å²) >= 11 is 4.91. The molecule has 0 aliphatic rings. The summed E-state index contributed by atoms with van der Waals surface area (Å²) in [6.45, 7) is 0. The van der Waals surface area contributed by atoms with Gasteiger partial charge in [-0.25, -0.2) is 0 Å². The van der Waals surface area contributed by atoms with Crippen LogP contribution in [0.15, 0.2) is 42.7 Å². The molecule has 0 spiro atoms. The summed E-state index contributed by atoms with van der Waals surface area (Å²) in [6.07, 6.45) is 2.68. The summed E-state index contributed by atoms with van der Waals surface area (Å²) in [5.74, 6) is -0.500. The van der Waals surface area contributed by atoms with Crippen LogP contribution >= 0.6 is 12.2 Å². The topological polar surface area (TPSA) is 79.5 Å². The normalized spacial score (nSPS) is 10.1. The lowest BCUT2D eigenvalue weighted by molar-refractivity contribution is 0.0990. The van der Waals surface area contributed by atoms with Crippen LogP contribution in [0.2, 0.25) is 0 Å². The highest BCUT2D eigenvalue weighted by molar-refractivity contribution is 7.80. The summed E-state index contributed by atoms with van der Waals surface area (Å²) in [6, 6.07) is 8.48. The van der Waals surface area contributed by atoms with Gasteiger partial charge in [0.1, 0.15) is 10.7 Å². The molecule has 0 bridgehead atoms. The Bertz CT molecular complexity index is 673. The first-order chi connectivity index (χ1) is 9.50. The van der Waals surface area contributed by atoms with E-state index in [2.05, 4.69) is 4.98 Å². The first-order valence-corrected chi connectivity index (χ1v) is 6.22. The molecule has 1 aromatic heterocycles. The molecule has 0 saturated carbocycles. The van der Waals surface area contributed by atoms with Crippen LogP contribution in [0.5, 0.6) is 5.75 Å². The maximum Gasteiger partial charge on any atom is 0.261 e. The van der Waals surface area contributed by atoms with E-state index in [1.54, 1.807) is 31.3 Å². The maximum absolute atomic E-state index is 12.3. The number of rotatable bonds is 3. The number of nitrogens with zero attached hydrogens (tertiary/aromatic N) is 2. The largest absolute Gasteiger partial charge is 0.505 e. The Labute approximate surface area is 121 Å². The monoisotopic (exact) mass is 287 g/mol. The Morgan fingerprint density at radius 2 is 2.15 bits per heavy atom. The highest BCUT2D eigenvalue weighted by Crippen LogP contribution is 2.21. The van der Waals surface area contributed by atoms with Crippen LogP contribution in [-0.2, 0) is 0 Å². The minimum atomic E-state index is -0.343. The fraction of sp³-hybridized carbons (Fsp3) is 0.0714. The second-order valence-corrected chi connectivity index (χ2v) is 4.61. The molecule has 1 heterocycles. The van der Waals surface area contributed by atoms with Gasteiger partial charge in [0.15, 0.2) is 0 Å². The number of hydrogen-bond donors (Lipinski definition) is 2. The fourth-order valence-electron chi connectivity index (χ4n) is 1.73. The van der Waals surface area contributed by atoms with E-state index < -0.39 is 0 Å². The SMILES string of the molecule is CN(C(=O)c1ccncc1O)c1cccc(C(N)=S)c1. The lowest BCUT2D eigenvalue weighted by Gasteiger charge is -2.18. The van der Waals surface area contributed by atoms with E-state index in [1.807, 2.05) is 0 Å². The van der Waals surface area contributed by atoms with Crippen molar-refractivity contribution < 1.29 is 9.90 Å². The van der Waals surface area contributed by atoms with Crippen LogP contribution in [0.3, 0.4) is 0 Å². The van der Waals surface area contributed by atoms with Crippen molar-refractivity contribution in [2.45, 2.75) is 0 Å². The number of hydrogen-bond acceptors (Lipinski definition) is 4. The lowest BCUT2D eigenvalue weighted by Crippen LogP contribution is -2.26. The average Bonchev–Trinajstić information content (AvgIpc) is 2.46. The third-order valence-electron chi connectivity index (χ3n) is 2.85. The third-order valence-corrected chi connectivity index (χ3v) is 3.09. The van der Waals surface area contributed by atoms with Gasteiger partial charge in [-0.05, 0) is 18.2 Å². The Hall–Kier alpha value is -2.47. The number of aromatic hydroxyl groups is 1. The highest BCUT2D eigenvalue weighted by Gasteiger charge is 2.17. The third kappa shape index (κ3) is 2.75. The molecule has 2 aromatic rings. The zero-order chi connectivity index (χ0) is 14.7. The molecule has 0 radical (unpaired) electrons. The van der Waals surface area contributed by atoms with E-state index in [-0.39, 0.29) is 22.2 Å². The second-order valence-electron chi connectivity index (χ2n) is 4.17. The van der Waals surface area contributed by atoms with Gasteiger partial charge in [0, 0.05) is 24.5 Å². The Kier molecular flexibility index (Phi) is 3.95. The molecule has 1 amide bonds. The van der Waals surface area contributed by atoms with E-state index in [0.29, 0.717) is 11.3 Å². The molecule has 0 unspecified atom stereocenters. The van der Waals surface area contributed by atoms with Gasteiger partial charge in [-0.3, -0.25) is 9.78 Å². The molecule has 5 nitrogen and oxygen atoms in total. The van der Waals surface area contributed by atoms with Crippen molar-refractivity contribution in [3.05, 3.63) is 53.9 Å². The number of pyridine rings is 1. The van der Waals surface area contributed by atoms with Crippen molar-refractivity contribution in [2.24, 2.45) is 5.73 Å². The quantitative estimate of drug-likeness (QED) is 0.840. The van der Waals surface area contributed by atoms with E-state index >= 15 is 0 Å². The van der Waals surface area contributed by atoms with E-state index in [4.69, 9.17) is 18.0 Å². The Morgan fingerprint density at radius 3 is 2.80 bits per heavy atom. The number of nitrogens with two attached hydrogens (primary N) is 1. The van der Waals surface area contributed by atoms with Gasteiger partial charge in [0.2, 0.25) is 0 Å². The first kappa shape index (κ1) is 14.0. The molecule has 20 heavy (non-hydrogen) atoms. The highest BCUT2D eigenvalue weighted by atomic mass is 32.1. The van der Waals surface area contributed by atoms with Gasteiger partial charge in [-0.1, -0.05) is 24.4 Å². The van der Waals surface area contributed by atoms with Gasteiger partial charge < -0.3 is 15.7 Å². The molecular weight excluding hydrogens is 274 g/mol. The van der Waals surface area contributed by atoms with E-state index in [9.17, 15) is 9.90 Å². The van der Waals surface area contributed by atoms with Gasteiger partial charge in [0.25, 0.3) is 5.91 Å². The predicted octanol–water partition coefficient (Wildman–Crippen LogP) is 1.70. The molecule has 0 aliphatic carbocycles. The second kappa shape index (κ2) is 5.66. The molecule has 0 fully saturated rings. The van der Waals surface area contributed by atoms with Crippen molar-refractivity contribution in [1.29, 1.82) is 0 Å². The zero-order valence-corrected chi connectivity index (χ0v) is 11.6. The standard InChI is InChI=1S/C14H13N3O2S/c1-17(10-4-2-3-9(7-10)13(15)20)14(19)11-5-6-16-8-12(11)18/h2-8,18H,1H3,(H2,15,20). The van der Waals surface area contributed by atoms with Crippen molar-refractivity contribution >= 4 is 28.8 Å². The fourth-order valence-corrected chi connectivity index (χ4v) is 1.86. The van der Waals surface area contributed by atoms with Gasteiger partial charge in [0.05, 0.1) is 11.8 Å². The minimum Gasteiger partial charge on any atom is -0.505 e. The van der Waals surface area contributed by atoms with Gasteiger partial charge in [-0.2, -0.15) is 0 Å². The zero-order valence-electron chi connectivity index (χ0n) is 10.8. The lowest BCUT2D eigenvalue weighted by atomic mass is 10.1. The Morgan fingerprint density at radius 1 is 1.40 bits per heavy atom. The molecular formula is C14H13N3O2S. The number of thiocarbonyl (C=S) groups is 1. The first-order valence-electron chi connectivity index (χ1n) is 5.81. The van der Waals surface area contributed by atoms with Crippen molar-refractivity contribution in [2.75, 3.05) is 11.9 Å². The number of amides is 1. The molecule has 6 heteroatoms. The van der Waals surface area contributed by atoms with Gasteiger partial charge >= 0.3 is 0 Å². The van der Waals surface area contributed by atoms with Crippen molar-refractivity contribution in [3.63, 3.8) is 0 Å². The van der Waals surface area contributed by atoms with Crippen molar-refractivity contribution in [1.82, 2.24) is 4.98 Å². The van der Waals surface area contributed by atoms with Gasteiger partial charge in [-0.15, -0.1) is 0 Å². The minimum absolute atomic E-state index is 0.158. The van der Waals surface area contributed by atoms with E-state index in [1.165, 1.54) is 23.4 Å². The molecule has 1 aromatic carbocycles. The molecule has 2 rings (SSSR count). The van der Waals surface area contributed by atoms with Crippen LogP contribution < -0.4 is 10.6 Å². The van der Waals surface area contributed by atoms with E-state index in [0.717, 1.165) is 0 Å². The number of anilines is 1. The smallest absolute Gasteiger partial charge is 0.261 e. The molecule has 3 N–H and O–H groups in total. The van der Waals surface area contributed by atoms with Crippen LogP contribution in [-0.4, -0.2) is 28.0 Å². The number of benzene rings is 1. The molecule has 0 aliphatic heterocycles. The number of aromatic nitrogens is 1. The molecule has 0 atom stereocenters.